The summed E-state index contributed by atoms with van der Waals surface area (Å²) < 4.78 is 2.19. The molecular formula is C10H6INS. The predicted molar refractivity (Wildman–Crippen MR) is 64.0 cm³/mol. The Morgan fingerprint density at radius 3 is 3.00 bits per heavy atom. The number of nitrogens with zero attached hydrogens (tertiary/aromatic N) is 1. The predicted octanol–water partition coefficient (Wildman–Crippen LogP) is 3.69. The lowest BCUT2D eigenvalue weighted by molar-refractivity contribution is 1.42. The van der Waals surface area contributed by atoms with E-state index in [-0.39, 0.29) is 0 Å². The maximum Gasteiger partial charge on any atom is 0.102 e. The molecule has 0 N–H and O–H groups in total. The minimum atomic E-state index is 0.825. The zero-order chi connectivity index (χ0) is 9.42. The van der Waals surface area contributed by atoms with Gasteiger partial charge in [-0.3, -0.25) is 0 Å². The fourth-order valence-electron chi connectivity index (χ4n) is 1.33. The SMILES string of the molecule is Cc1cc2ccsc2c(C#N)c1I. The summed E-state index contributed by atoms with van der Waals surface area (Å²) in [5, 5.41) is 12.2. The monoisotopic (exact) mass is 299 g/mol. The molecule has 0 aliphatic rings. The summed E-state index contributed by atoms with van der Waals surface area (Å²) in [6, 6.07) is 6.46. The average Bonchev–Trinajstić information content (AvgIpc) is 2.54. The molecule has 1 aromatic heterocycles. The molecule has 2 aromatic rings. The first kappa shape index (κ1) is 8.97. The van der Waals surface area contributed by atoms with E-state index < -0.39 is 0 Å². The summed E-state index contributed by atoms with van der Waals surface area (Å²) in [4.78, 5) is 0. The van der Waals surface area contributed by atoms with Gasteiger partial charge in [0, 0.05) is 3.57 Å². The van der Waals surface area contributed by atoms with Crippen molar-refractivity contribution in [3.8, 4) is 6.07 Å². The first-order valence-electron chi connectivity index (χ1n) is 3.80. The second-order valence-corrected chi connectivity index (χ2v) is 4.83. The highest BCUT2D eigenvalue weighted by Crippen LogP contribution is 2.30. The molecule has 0 bridgehead atoms. The van der Waals surface area contributed by atoms with Crippen LogP contribution in [0.2, 0.25) is 0 Å². The molecule has 64 valence electrons. The van der Waals surface area contributed by atoms with E-state index in [0.29, 0.717) is 0 Å². The normalized spacial score (nSPS) is 10.2. The zero-order valence-corrected chi connectivity index (χ0v) is 9.94. The lowest BCUT2D eigenvalue weighted by Crippen LogP contribution is -1.86. The molecular weight excluding hydrogens is 293 g/mol. The van der Waals surface area contributed by atoms with Crippen molar-refractivity contribution in [1.29, 1.82) is 5.26 Å². The highest BCUT2D eigenvalue weighted by atomic mass is 127. The third-order valence-electron chi connectivity index (χ3n) is 1.97. The number of rotatable bonds is 0. The summed E-state index contributed by atoms with van der Waals surface area (Å²) >= 11 is 3.87. The van der Waals surface area contributed by atoms with Gasteiger partial charge in [-0.15, -0.1) is 11.3 Å². The van der Waals surface area contributed by atoms with Crippen LogP contribution in [0.25, 0.3) is 10.1 Å². The van der Waals surface area contributed by atoms with Gasteiger partial charge in [-0.05, 0) is 58.0 Å². The summed E-state index contributed by atoms with van der Waals surface area (Å²) in [6.45, 7) is 2.04. The number of thiophene rings is 1. The lowest BCUT2D eigenvalue weighted by atomic mass is 10.1. The molecule has 0 aliphatic carbocycles. The van der Waals surface area contributed by atoms with Crippen LogP contribution in [0.1, 0.15) is 11.1 Å². The van der Waals surface area contributed by atoms with Gasteiger partial charge in [-0.2, -0.15) is 5.26 Å². The maximum absolute atomic E-state index is 9.01. The van der Waals surface area contributed by atoms with E-state index in [4.69, 9.17) is 5.26 Å². The first-order valence-corrected chi connectivity index (χ1v) is 5.76. The Morgan fingerprint density at radius 1 is 1.54 bits per heavy atom. The van der Waals surface area contributed by atoms with Gasteiger partial charge in [0.1, 0.15) is 6.07 Å². The molecule has 0 atom stereocenters. The fourth-order valence-corrected chi connectivity index (χ4v) is 2.94. The van der Waals surface area contributed by atoms with Crippen LogP contribution in [0.4, 0.5) is 0 Å². The Balaban J connectivity index is 2.98. The number of benzene rings is 1. The molecule has 13 heavy (non-hydrogen) atoms. The molecule has 1 aromatic carbocycles. The molecule has 2 rings (SSSR count). The Bertz CT molecular complexity index is 507. The van der Waals surface area contributed by atoms with Crippen molar-refractivity contribution in [3.05, 3.63) is 32.2 Å². The van der Waals surface area contributed by atoms with Crippen molar-refractivity contribution >= 4 is 44.0 Å². The highest BCUT2D eigenvalue weighted by Gasteiger charge is 2.08. The van der Waals surface area contributed by atoms with E-state index in [9.17, 15) is 0 Å². The van der Waals surface area contributed by atoms with Gasteiger partial charge >= 0.3 is 0 Å². The van der Waals surface area contributed by atoms with Gasteiger partial charge in [-0.1, -0.05) is 0 Å². The van der Waals surface area contributed by atoms with Crippen LogP contribution in [0.5, 0.6) is 0 Å². The summed E-state index contributed by atoms with van der Waals surface area (Å²) in [5.41, 5.74) is 2.01. The average molecular weight is 299 g/mol. The van der Waals surface area contributed by atoms with Crippen molar-refractivity contribution in [2.75, 3.05) is 0 Å². The molecule has 3 heteroatoms. The van der Waals surface area contributed by atoms with Crippen LogP contribution >= 0.6 is 33.9 Å². The molecule has 1 nitrogen and oxygen atoms in total. The van der Waals surface area contributed by atoms with Crippen molar-refractivity contribution < 1.29 is 0 Å². The molecule has 0 amide bonds. The molecule has 0 spiro atoms. The standard InChI is InChI=1S/C10H6INS/c1-6-4-7-2-3-13-10(7)8(5-12)9(6)11/h2-4H,1H3. The van der Waals surface area contributed by atoms with Crippen molar-refractivity contribution in [1.82, 2.24) is 0 Å². The molecule has 0 unspecified atom stereocenters. The molecule has 0 radical (unpaired) electrons. The lowest BCUT2D eigenvalue weighted by Gasteiger charge is -2.01. The minimum absolute atomic E-state index is 0.825. The topological polar surface area (TPSA) is 23.8 Å². The van der Waals surface area contributed by atoms with Gasteiger partial charge in [0.25, 0.3) is 0 Å². The molecule has 1 heterocycles. The second kappa shape index (κ2) is 3.28. The van der Waals surface area contributed by atoms with E-state index in [1.54, 1.807) is 11.3 Å². The number of nitriles is 1. The number of hydrogen-bond donors (Lipinski definition) is 0. The number of fused-ring (bicyclic) bond motifs is 1. The quantitative estimate of drug-likeness (QED) is 0.681. The van der Waals surface area contributed by atoms with E-state index in [1.807, 2.05) is 12.3 Å². The van der Waals surface area contributed by atoms with Crippen molar-refractivity contribution in [3.63, 3.8) is 0 Å². The van der Waals surface area contributed by atoms with Crippen LogP contribution in [-0.4, -0.2) is 0 Å². The smallest absolute Gasteiger partial charge is 0.102 e. The van der Waals surface area contributed by atoms with Crippen LogP contribution < -0.4 is 0 Å². The van der Waals surface area contributed by atoms with Crippen molar-refractivity contribution in [2.24, 2.45) is 0 Å². The largest absolute Gasteiger partial charge is 0.192 e. The van der Waals surface area contributed by atoms with Gasteiger partial charge in [-0.25, -0.2) is 0 Å². The molecule has 0 aliphatic heterocycles. The minimum Gasteiger partial charge on any atom is -0.192 e. The second-order valence-electron chi connectivity index (χ2n) is 2.83. The van der Waals surface area contributed by atoms with Crippen LogP contribution in [0.15, 0.2) is 17.5 Å². The van der Waals surface area contributed by atoms with E-state index in [1.165, 1.54) is 10.9 Å². The third kappa shape index (κ3) is 1.34. The third-order valence-corrected chi connectivity index (χ3v) is 4.31. The van der Waals surface area contributed by atoms with Crippen LogP contribution in [-0.2, 0) is 0 Å². The summed E-state index contributed by atoms with van der Waals surface area (Å²) in [6.07, 6.45) is 0. The maximum atomic E-state index is 9.01. The van der Waals surface area contributed by atoms with E-state index in [0.717, 1.165) is 13.8 Å². The highest BCUT2D eigenvalue weighted by molar-refractivity contribution is 14.1. The van der Waals surface area contributed by atoms with Crippen molar-refractivity contribution in [2.45, 2.75) is 6.92 Å². The number of hydrogen-bond acceptors (Lipinski definition) is 2. The van der Waals surface area contributed by atoms with Gasteiger partial charge in [0.05, 0.1) is 10.3 Å². The van der Waals surface area contributed by atoms with Crippen LogP contribution in [0.3, 0.4) is 0 Å². The molecule has 0 saturated carbocycles. The van der Waals surface area contributed by atoms with Gasteiger partial charge < -0.3 is 0 Å². The van der Waals surface area contributed by atoms with Crippen LogP contribution in [0, 0.1) is 21.8 Å². The fraction of sp³-hybridized carbons (Fsp3) is 0.100. The molecule has 0 saturated heterocycles. The first-order chi connectivity index (χ1) is 6.24. The zero-order valence-electron chi connectivity index (χ0n) is 6.97. The summed E-state index contributed by atoms with van der Waals surface area (Å²) in [7, 11) is 0. The van der Waals surface area contributed by atoms with Gasteiger partial charge in [0.2, 0.25) is 0 Å². The van der Waals surface area contributed by atoms with Gasteiger partial charge in [0.15, 0.2) is 0 Å². The summed E-state index contributed by atoms with van der Waals surface area (Å²) in [5.74, 6) is 0. The Labute approximate surface area is 94.1 Å². The number of halogens is 1. The number of aryl methyl sites for hydroxylation is 1. The van der Waals surface area contributed by atoms with E-state index >= 15 is 0 Å². The van der Waals surface area contributed by atoms with E-state index in [2.05, 4.69) is 40.8 Å². The Kier molecular flexibility index (Phi) is 2.26. The Hall–Kier alpha value is -0.600. The molecule has 0 fully saturated rings. The Morgan fingerprint density at radius 2 is 2.31 bits per heavy atom.